The minimum atomic E-state index is 0. The third-order valence-corrected chi connectivity index (χ3v) is 24.1. The van der Waals surface area contributed by atoms with Crippen molar-refractivity contribution in [3.8, 4) is 169 Å². The molecule has 17 nitrogen and oxygen atoms in total. The SMILES string of the molecule is CN(c1cccc(-c2ccccc2O)n1)c1cccc(-c2ccccc2O)n1.C[N-]c1ccccc1-c1cc(-c2ccccc2)c2ccc3c(-c4ccccc4)cc(-c4ccccc4[N-]C)nc3c2n1.Oc1ccccc1-c1cncc(-c2cncc(-c3ccccc3O)n2)n1.[Pt+2].[Pt+2].[Pt].[Pt].[S-]c1ccccc1-c1cc(-c2ccccc2)c2ccc3c(-c4ccccc4)cc(-c4ccccc4[S-])nc3c2n1. The summed E-state index contributed by atoms with van der Waals surface area (Å²) in [6.07, 6.45) is 6.34. The number of aromatic nitrogens is 10. The van der Waals surface area contributed by atoms with Crippen LogP contribution < -0.4 is 4.90 Å². The van der Waals surface area contributed by atoms with Crippen LogP contribution in [0.15, 0.2) is 435 Å². The molecule has 8 heterocycles. The fourth-order valence-corrected chi connectivity index (χ4v) is 17.2. The van der Waals surface area contributed by atoms with E-state index in [0.717, 1.165) is 154 Å². The molecule has 22 aromatic rings. The number of hydrogen-bond donors (Lipinski definition) is 4. The molecule has 0 aliphatic carbocycles. The molecule has 0 unspecified atom stereocenters. The van der Waals surface area contributed by atoms with Crippen LogP contribution in [0, 0.1) is 0 Å². The first-order valence-corrected chi connectivity index (χ1v) is 44.8. The monoisotopic (exact) mass is 2580 g/mol. The van der Waals surface area contributed by atoms with E-state index in [1.165, 1.54) is 0 Å². The Balaban J connectivity index is 0.000000143. The number of pyridine rings is 6. The Morgan fingerprint density at radius 3 is 0.750 bits per heavy atom. The van der Waals surface area contributed by atoms with Gasteiger partial charge < -0.3 is 61.2 Å². The molecule has 0 radical (unpaired) electrons. The molecule has 0 bridgehead atoms. The second-order valence-electron chi connectivity index (χ2n) is 31.8. The van der Waals surface area contributed by atoms with Gasteiger partial charge in [0.25, 0.3) is 0 Å². The van der Waals surface area contributed by atoms with Gasteiger partial charge in [-0.3, -0.25) is 9.97 Å². The molecule has 22 rings (SSSR count). The van der Waals surface area contributed by atoms with Crippen LogP contribution in [-0.4, -0.2) is 91.4 Å². The largest absolute Gasteiger partial charge is 2.00 e. The van der Waals surface area contributed by atoms with Crippen molar-refractivity contribution in [2.75, 3.05) is 26.0 Å². The number of aromatic hydroxyl groups is 4. The predicted molar refractivity (Wildman–Crippen MR) is 555 cm³/mol. The molecule has 0 spiro atoms. The molecule has 0 atom stereocenters. The van der Waals surface area contributed by atoms with Crippen LogP contribution >= 0.6 is 0 Å². The van der Waals surface area contributed by atoms with Gasteiger partial charge in [0, 0.05) is 93.0 Å². The zero-order valence-electron chi connectivity index (χ0n) is 75.1. The van der Waals surface area contributed by atoms with Gasteiger partial charge in [0.15, 0.2) is 0 Å². The van der Waals surface area contributed by atoms with Crippen LogP contribution in [0.25, 0.3) is 200 Å². The van der Waals surface area contributed by atoms with Crippen LogP contribution in [0.2, 0.25) is 0 Å². The Hall–Kier alpha value is -15.0. The standard InChI is InChI=1S/C38H28N4.C36H24N2S2.C23H19N3O2.C20H14N4O2.4Pt/c1-39-33-19-11-9-17-29(33)35-23-31(25-13-5-3-6-14-25)27-21-22-28-32(26-15-7-4-8-16-26)24-36(42-38(28)37(27)41-35)30-18-10-12-20-34(30)40-2;39-33-17-9-7-15-27(33)31-21-29(23-11-3-1-4-12-23)25-19-20-26-30(24-13-5-2-6-14-24)22-32(38-36(26)35(25)37-31)28-16-8-10-18-34(28)40;1-26(22-14-6-10-18(24-22)16-8-2-4-12-20(16)27)23-15-7-11-19(25-23)17-9-3-5-13-21(17)28;25-19-7-3-1-5-13(19)15-9-21-11-17(23-15)18-12-22-10-16(24-18)14-6-2-4-8-20(14)26;;;;/h3-24H,1-2H3;1-22,39-40H;2-15,27-28H,1H3;1-12,25-26H;;;;/q-2;;;;;;2*+2/p-2. The van der Waals surface area contributed by atoms with Gasteiger partial charge in [-0.25, -0.2) is 39.9 Å². The first-order valence-electron chi connectivity index (χ1n) is 43.9. The van der Waals surface area contributed by atoms with Crippen LogP contribution in [0.4, 0.5) is 23.0 Å². The average molecular weight is 2580 g/mol. The van der Waals surface area contributed by atoms with Crippen LogP contribution in [0.3, 0.4) is 0 Å². The first-order chi connectivity index (χ1) is 66.8. The van der Waals surface area contributed by atoms with Gasteiger partial charge in [-0.05, 0) is 164 Å². The van der Waals surface area contributed by atoms with E-state index < -0.39 is 0 Å². The molecule has 140 heavy (non-hydrogen) atoms. The van der Waals surface area contributed by atoms with Crippen LogP contribution in [0.1, 0.15) is 0 Å². The summed E-state index contributed by atoms with van der Waals surface area (Å²) in [4.78, 5) is 51.4. The van der Waals surface area contributed by atoms with E-state index in [4.69, 9.17) is 45.2 Å². The topological polar surface area (TPSA) is 241 Å². The maximum Gasteiger partial charge on any atom is 2.00 e. The Labute approximate surface area is 878 Å². The molecule has 4 N–H and O–H groups in total. The van der Waals surface area contributed by atoms with Gasteiger partial charge in [-0.2, -0.15) is 9.79 Å². The van der Waals surface area contributed by atoms with Gasteiger partial charge in [0.1, 0.15) is 46.0 Å². The van der Waals surface area contributed by atoms with Gasteiger partial charge in [0.2, 0.25) is 0 Å². The molecule has 692 valence electrons. The van der Waals surface area contributed by atoms with Crippen molar-refractivity contribution in [1.29, 1.82) is 0 Å². The summed E-state index contributed by atoms with van der Waals surface area (Å²) >= 11 is 11.5. The first kappa shape index (κ1) is 99.5. The summed E-state index contributed by atoms with van der Waals surface area (Å²) in [5.41, 5.74) is 27.4. The molecule has 14 aromatic carbocycles. The molecule has 0 aliphatic rings. The number of hydrogen-bond acceptors (Lipinski definition) is 17. The number of benzene rings is 14. The third-order valence-electron chi connectivity index (χ3n) is 23.4. The fraction of sp³-hybridized carbons (Fsp3) is 0.0256. The number of anilines is 2. The molecule has 0 aliphatic heterocycles. The van der Waals surface area contributed by atoms with E-state index in [1.807, 2.05) is 208 Å². The molecule has 8 aromatic heterocycles. The third kappa shape index (κ3) is 21.6. The Morgan fingerprint density at radius 1 is 0.221 bits per heavy atom. The van der Waals surface area contributed by atoms with E-state index in [9.17, 15) is 20.4 Å². The summed E-state index contributed by atoms with van der Waals surface area (Å²) in [6, 6.07) is 131. The Bertz CT molecular complexity index is 7700. The zero-order valence-corrected chi connectivity index (χ0v) is 85.8. The summed E-state index contributed by atoms with van der Waals surface area (Å²) < 4.78 is 0. The molecule has 0 saturated heterocycles. The van der Waals surface area contributed by atoms with E-state index in [-0.39, 0.29) is 107 Å². The van der Waals surface area contributed by atoms with Crippen LogP contribution in [-0.2, 0) is 110 Å². The zero-order chi connectivity index (χ0) is 93.0. The second-order valence-corrected chi connectivity index (χ2v) is 32.7. The van der Waals surface area contributed by atoms with Gasteiger partial charge >= 0.3 is 42.1 Å². The number of phenolic OH excluding ortho intramolecular Hbond substituents is 4. The van der Waals surface area contributed by atoms with E-state index in [1.54, 1.807) is 85.5 Å². The maximum atomic E-state index is 10.1. The van der Waals surface area contributed by atoms with E-state index >= 15 is 0 Å². The van der Waals surface area contributed by atoms with Crippen molar-refractivity contribution >= 4 is 91.9 Å². The number of phenols is 4. The summed E-state index contributed by atoms with van der Waals surface area (Å²) in [5.74, 6) is 2.04. The fourth-order valence-electron chi connectivity index (χ4n) is 16.7. The average Bonchev–Trinajstić information content (AvgIpc) is 0.738. The van der Waals surface area contributed by atoms with Gasteiger partial charge in [-0.15, -0.1) is 25.5 Å². The van der Waals surface area contributed by atoms with Crippen molar-refractivity contribution in [3.63, 3.8) is 0 Å². The van der Waals surface area contributed by atoms with Crippen molar-refractivity contribution in [3.05, 3.63) is 436 Å². The number of rotatable bonds is 17. The predicted octanol–water partition coefficient (Wildman–Crippen LogP) is 28.6. The molecular formula is C117H83N13O4Pt4S2. The number of nitrogens with zero attached hydrogens (tertiary/aromatic N) is 13. The summed E-state index contributed by atoms with van der Waals surface area (Å²) in [7, 11) is 5.53. The normalized spacial score (nSPS) is 10.6. The van der Waals surface area contributed by atoms with Gasteiger partial charge in [0.05, 0.1) is 92.4 Å². The molecule has 23 heteroatoms. The molecular weight excluding hydrogens is 2500 g/mol. The van der Waals surface area contributed by atoms with E-state index in [0.29, 0.717) is 68.1 Å². The van der Waals surface area contributed by atoms with Crippen LogP contribution in [0.5, 0.6) is 23.0 Å². The van der Waals surface area contributed by atoms with Crippen molar-refractivity contribution in [1.82, 2.24) is 49.8 Å². The summed E-state index contributed by atoms with van der Waals surface area (Å²) in [6.45, 7) is 0. The summed E-state index contributed by atoms with van der Waals surface area (Å²) in [5, 5.41) is 53.6. The van der Waals surface area contributed by atoms with E-state index in [2.05, 4.69) is 198 Å². The maximum absolute atomic E-state index is 10.1. The number of fused-ring (bicyclic) bond motifs is 6. The van der Waals surface area contributed by atoms with Gasteiger partial charge in [-0.1, -0.05) is 303 Å². The minimum absolute atomic E-state index is 0. The van der Waals surface area contributed by atoms with Crippen molar-refractivity contribution in [2.45, 2.75) is 9.79 Å². The smallest absolute Gasteiger partial charge is 0.779 e. The number of para-hydroxylation sites is 6. The minimum Gasteiger partial charge on any atom is -0.779 e. The Morgan fingerprint density at radius 2 is 0.464 bits per heavy atom. The molecule has 0 saturated carbocycles. The van der Waals surface area contributed by atoms with Crippen molar-refractivity contribution < 1.29 is 105 Å². The Kier molecular flexibility index (Phi) is 32.6. The second kappa shape index (κ2) is 46.0. The molecule has 0 fully saturated rings. The molecule has 0 amide bonds. The van der Waals surface area contributed by atoms with Crippen molar-refractivity contribution in [2.24, 2.45) is 0 Å². The quantitative estimate of drug-likeness (QED) is 0.0489.